The van der Waals surface area contributed by atoms with Crippen LogP contribution in [0.5, 0.6) is 0 Å². The van der Waals surface area contributed by atoms with Crippen LogP contribution in [0.3, 0.4) is 0 Å². The summed E-state index contributed by atoms with van der Waals surface area (Å²) in [7, 11) is 1.95. The zero-order chi connectivity index (χ0) is 12.4. The molecule has 2 rings (SSSR count). The fourth-order valence-corrected chi connectivity index (χ4v) is 2.83. The molecular weight excluding hydrogens is 232 g/mol. The fourth-order valence-electron chi connectivity index (χ4n) is 1.94. The molecule has 1 atom stereocenters. The minimum Gasteiger partial charge on any atom is -0.304 e. The Kier molecular flexibility index (Phi) is 3.59. The van der Waals surface area contributed by atoms with Crippen LogP contribution in [-0.2, 0) is 7.05 Å². The van der Waals surface area contributed by atoms with Crippen LogP contribution < -0.4 is 5.32 Å². The monoisotopic (exact) mass is 250 g/mol. The number of nitrogens with one attached hydrogen (secondary N) is 1. The molecule has 2 aromatic heterocycles. The predicted molar refractivity (Wildman–Crippen MR) is 70.3 cm³/mol. The van der Waals surface area contributed by atoms with E-state index in [1.54, 1.807) is 11.3 Å². The smallest absolute Gasteiger partial charge is 0.115 e. The van der Waals surface area contributed by atoms with Crippen molar-refractivity contribution in [3.63, 3.8) is 0 Å². The molecule has 0 aliphatic carbocycles. The van der Waals surface area contributed by atoms with E-state index in [0.717, 1.165) is 22.9 Å². The first-order chi connectivity index (χ1) is 8.11. The van der Waals surface area contributed by atoms with Crippen molar-refractivity contribution < 1.29 is 0 Å². The lowest BCUT2D eigenvalue weighted by molar-refractivity contribution is 0.623. The first kappa shape index (κ1) is 12.3. The van der Waals surface area contributed by atoms with Crippen molar-refractivity contribution in [1.82, 2.24) is 20.1 Å². The largest absolute Gasteiger partial charge is 0.304 e. The maximum absolute atomic E-state index is 4.58. The third-order valence-corrected chi connectivity index (χ3v) is 3.68. The summed E-state index contributed by atoms with van der Waals surface area (Å²) >= 11 is 1.70. The van der Waals surface area contributed by atoms with Gasteiger partial charge in [-0.1, -0.05) is 6.92 Å². The van der Waals surface area contributed by atoms with E-state index in [1.807, 2.05) is 25.6 Å². The second kappa shape index (κ2) is 4.98. The van der Waals surface area contributed by atoms with E-state index >= 15 is 0 Å². The molecule has 0 saturated carbocycles. The van der Waals surface area contributed by atoms with Gasteiger partial charge in [-0.2, -0.15) is 5.10 Å². The van der Waals surface area contributed by atoms with Gasteiger partial charge < -0.3 is 5.32 Å². The highest BCUT2D eigenvalue weighted by molar-refractivity contribution is 7.09. The molecule has 0 amide bonds. The summed E-state index contributed by atoms with van der Waals surface area (Å²) in [5, 5.41) is 11.1. The van der Waals surface area contributed by atoms with Gasteiger partial charge >= 0.3 is 0 Å². The molecule has 0 radical (unpaired) electrons. The SMILES string of the molecule is CCNC(c1nc(C)cs1)c1cn(C)nc1C. The second-order valence-corrected chi connectivity index (χ2v) is 5.05. The number of nitrogens with zero attached hydrogens (tertiary/aromatic N) is 3. The van der Waals surface area contributed by atoms with Crippen LogP contribution in [0.25, 0.3) is 0 Å². The molecule has 92 valence electrons. The average Bonchev–Trinajstić information content (AvgIpc) is 2.82. The molecule has 0 aliphatic rings. The van der Waals surface area contributed by atoms with E-state index in [9.17, 15) is 0 Å². The van der Waals surface area contributed by atoms with Gasteiger partial charge in [0.25, 0.3) is 0 Å². The molecule has 0 aromatic carbocycles. The van der Waals surface area contributed by atoms with Crippen LogP contribution in [-0.4, -0.2) is 21.3 Å². The summed E-state index contributed by atoms with van der Waals surface area (Å²) in [6.07, 6.45) is 2.07. The molecule has 1 N–H and O–H groups in total. The van der Waals surface area contributed by atoms with Crippen molar-refractivity contribution in [3.05, 3.63) is 33.5 Å². The molecule has 0 bridgehead atoms. The number of hydrogen-bond donors (Lipinski definition) is 1. The lowest BCUT2D eigenvalue weighted by atomic mass is 10.1. The molecule has 2 aromatic rings. The van der Waals surface area contributed by atoms with Crippen molar-refractivity contribution >= 4 is 11.3 Å². The van der Waals surface area contributed by atoms with Crippen molar-refractivity contribution in [2.24, 2.45) is 7.05 Å². The summed E-state index contributed by atoms with van der Waals surface area (Å²) in [5.41, 5.74) is 3.35. The maximum atomic E-state index is 4.58. The summed E-state index contributed by atoms with van der Waals surface area (Å²) in [6, 6.07) is 0.160. The molecule has 5 heteroatoms. The van der Waals surface area contributed by atoms with E-state index in [4.69, 9.17) is 0 Å². The Labute approximate surface area is 106 Å². The van der Waals surface area contributed by atoms with Gasteiger partial charge in [-0.05, 0) is 20.4 Å². The highest BCUT2D eigenvalue weighted by Gasteiger charge is 2.20. The van der Waals surface area contributed by atoms with Crippen LogP contribution in [0.2, 0.25) is 0 Å². The van der Waals surface area contributed by atoms with Gasteiger partial charge in [0.15, 0.2) is 0 Å². The third kappa shape index (κ3) is 2.56. The van der Waals surface area contributed by atoms with Gasteiger partial charge in [0.1, 0.15) is 5.01 Å². The quantitative estimate of drug-likeness (QED) is 0.904. The zero-order valence-corrected chi connectivity index (χ0v) is 11.5. The number of aryl methyl sites for hydroxylation is 3. The van der Waals surface area contributed by atoms with Crippen LogP contribution in [0.1, 0.15) is 34.9 Å². The van der Waals surface area contributed by atoms with Crippen LogP contribution in [0, 0.1) is 13.8 Å². The Morgan fingerprint density at radius 3 is 2.71 bits per heavy atom. The van der Waals surface area contributed by atoms with Crippen LogP contribution in [0.4, 0.5) is 0 Å². The third-order valence-electron chi connectivity index (χ3n) is 2.65. The molecule has 0 fully saturated rings. The van der Waals surface area contributed by atoms with Gasteiger partial charge in [0.2, 0.25) is 0 Å². The van der Waals surface area contributed by atoms with Gasteiger partial charge in [0.05, 0.1) is 11.7 Å². The van der Waals surface area contributed by atoms with Crippen molar-refractivity contribution in [2.45, 2.75) is 26.8 Å². The van der Waals surface area contributed by atoms with Gasteiger partial charge in [0, 0.05) is 29.9 Å². The number of rotatable bonds is 4. The van der Waals surface area contributed by atoms with E-state index in [0.29, 0.717) is 0 Å². The van der Waals surface area contributed by atoms with Crippen molar-refractivity contribution in [3.8, 4) is 0 Å². The molecule has 0 spiro atoms. The topological polar surface area (TPSA) is 42.7 Å². The van der Waals surface area contributed by atoms with Crippen LogP contribution >= 0.6 is 11.3 Å². The first-order valence-electron chi connectivity index (χ1n) is 5.77. The predicted octanol–water partition coefficient (Wildman–Crippen LogP) is 2.19. The minimum absolute atomic E-state index is 0.160. The Bertz CT molecular complexity index is 500. The van der Waals surface area contributed by atoms with Gasteiger partial charge in [-0.25, -0.2) is 4.98 Å². The lowest BCUT2D eigenvalue weighted by Crippen LogP contribution is -2.22. The highest BCUT2D eigenvalue weighted by atomic mass is 32.1. The van der Waals surface area contributed by atoms with E-state index in [2.05, 4.69) is 33.9 Å². The molecule has 1 unspecified atom stereocenters. The van der Waals surface area contributed by atoms with Gasteiger partial charge in [-0.3, -0.25) is 4.68 Å². The Hall–Kier alpha value is -1.20. The first-order valence-corrected chi connectivity index (χ1v) is 6.65. The van der Waals surface area contributed by atoms with E-state index < -0.39 is 0 Å². The number of hydrogen-bond acceptors (Lipinski definition) is 4. The Morgan fingerprint density at radius 2 is 2.24 bits per heavy atom. The Balaban J connectivity index is 2.38. The van der Waals surface area contributed by atoms with E-state index in [1.165, 1.54) is 5.56 Å². The molecule has 0 saturated heterocycles. The highest BCUT2D eigenvalue weighted by Crippen LogP contribution is 2.26. The fraction of sp³-hybridized carbons (Fsp3) is 0.500. The average molecular weight is 250 g/mol. The summed E-state index contributed by atoms with van der Waals surface area (Å²) in [6.45, 7) is 7.09. The molecular formula is C12H18N4S. The number of aromatic nitrogens is 3. The zero-order valence-electron chi connectivity index (χ0n) is 10.7. The molecule has 2 heterocycles. The maximum Gasteiger partial charge on any atom is 0.115 e. The van der Waals surface area contributed by atoms with Crippen molar-refractivity contribution in [1.29, 1.82) is 0 Å². The number of thiazole rings is 1. The lowest BCUT2D eigenvalue weighted by Gasteiger charge is -2.14. The van der Waals surface area contributed by atoms with Gasteiger partial charge in [-0.15, -0.1) is 11.3 Å². The standard InChI is InChI=1S/C12H18N4S/c1-5-13-11(12-14-8(2)7-17-12)10-6-16(4)15-9(10)3/h6-7,11,13H,5H2,1-4H3. The normalized spacial score (nSPS) is 12.9. The van der Waals surface area contributed by atoms with Crippen LogP contribution in [0.15, 0.2) is 11.6 Å². The Morgan fingerprint density at radius 1 is 1.47 bits per heavy atom. The summed E-state index contributed by atoms with van der Waals surface area (Å²) < 4.78 is 1.86. The molecule has 0 aliphatic heterocycles. The molecule has 4 nitrogen and oxygen atoms in total. The summed E-state index contributed by atoms with van der Waals surface area (Å²) in [5.74, 6) is 0. The van der Waals surface area contributed by atoms with E-state index in [-0.39, 0.29) is 6.04 Å². The second-order valence-electron chi connectivity index (χ2n) is 4.16. The molecule has 17 heavy (non-hydrogen) atoms. The van der Waals surface area contributed by atoms with Crippen molar-refractivity contribution in [2.75, 3.05) is 6.54 Å². The summed E-state index contributed by atoms with van der Waals surface area (Å²) in [4.78, 5) is 4.58. The minimum atomic E-state index is 0.160.